The third-order valence-corrected chi connectivity index (χ3v) is 6.67. The fourth-order valence-corrected chi connectivity index (χ4v) is 4.94. The van der Waals surface area contributed by atoms with E-state index in [-0.39, 0.29) is 48.7 Å². The number of carbonyl (C=O) groups excluding carboxylic acids is 2. The van der Waals surface area contributed by atoms with E-state index >= 15 is 0 Å². The zero-order valence-corrected chi connectivity index (χ0v) is 20.0. The molecule has 0 radical (unpaired) electrons. The second kappa shape index (κ2) is 10.0. The molecule has 2 aromatic rings. The van der Waals surface area contributed by atoms with Crippen LogP contribution in [0.25, 0.3) is 0 Å². The Morgan fingerprint density at radius 2 is 1.91 bits per heavy atom. The van der Waals surface area contributed by atoms with Gasteiger partial charge in [0.2, 0.25) is 15.9 Å². The Bertz CT molecular complexity index is 1150. The van der Waals surface area contributed by atoms with Gasteiger partial charge >= 0.3 is 0 Å². The summed E-state index contributed by atoms with van der Waals surface area (Å²) in [4.78, 5) is 27.3. The van der Waals surface area contributed by atoms with E-state index in [9.17, 15) is 18.0 Å². The predicted octanol–water partition coefficient (Wildman–Crippen LogP) is 2.15. The molecule has 2 N–H and O–H groups in total. The third-order valence-electron chi connectivity index (χ3n) is 6.06. The maximum atomic E-state index is 13.2. The van der Waals surface area contributed by atoms with Gasteiger partial charge in [0.1, 0.15) is 18.5 Å². The van der Waals surface area contributed by atoms with Crippen LogP contribution in [0.3, 0.4) is 0 Å². The van der Waals surface area contributed by atoms with E-state index in [1.54, 1.807) is 24.1 Å². The van der Waals surface area contributed by atoms with Gasteiger partial charge in [-0.05, 0) is 36.6 Å². The molecule has 2 amide bonds. The Balaban J connectivity index is 1.40. The van der Waals surface area contributed by atoms with E-state index in [0.717, 1.165) is 11.8 Å². The SMILES string of the molecule is CN1C(=O)c2cc(NS(C)(=O)=O)ccc2OC[C@@H]2O[C@H](CC(=O)NCc3ccccc3)CC[C@@H]21. The van der Waals surface area contributed by atoms with E-state index in [4.69, 9.17) is 9.47 Å². The van der Waals surface area contributed by atoms with E-state index < -0.39 is 10.0 Å². The topological polar surface area (TPSA) is 114 Å². The predicted molar refractivity (Wildman–Crippen MR) is 127 cm³/mol. The van der Waals surface area contributed by atoms with Crippen LogP contribution in [0.4, 0.5) is 5.69 Å². The second-order valence-electron chi connectivity index (χ2n) is 8.72. The van der Waals surface area contributed by atoms with Crippen LogP contribution in [-0.2, 0) is 26.1 Å². The summed E-state index contributed by atoms with van der Waals surface area (Å²) in [5, 5.41) is 2.93. The average Bonchev–Trinajstić information content (AvgIpc) is 2.80. The molecular weight excluding hydrogens is 458 g/mol. The number of likely N-dealkylation sites (N-methyl/N-ethyl adjacent to an activating group) is 1. The lowest BCUT2D eigenvalue weighted by Gasteiger charge is -2.42. The van der Waals surface area contributed by atoms with E-state index in [0.29, 0.717) is 30.8 Å². The Morgan fingerprint density at radius 3 is 2.65 bits per heavy atom. The van der Waals surface area contributed by atoms with Crippen LogP contribution in [0.2, 0.25) is 0 Å². The number of rotatable bonds is 6. The second-order valence-corrected chi connectivity index (χ2v) is 10.5. The number of hydrogen-bond acceptors (Lipinski definition) is 6. The molecule has 9 nitrogen and oxygen atoms in total. The first-order valence-corrected chi connectivity index (χ1v) is 13.1. The van der Waals surface area contributed by atoms with Gasteiger partial charge in [0.25, 0.3) is 5.91 Å². The van der Waals surface area contributed by atoms with Crippen molar-refractivity contribution in [2.45, 2.75) is 44.1 Å². The first-order valence-electron chi connectivity index (χ1n) is 11.2. The Hall–Kier alpha value is -3.11. The molecule has 2 aliphatic heterocycles. The number of ether oxygens (including phenoxy) is 2. The van der Waals surface area contributed by atoms with Crippen molar-refractivity contribution in [3.8, 4) is 5.75 Å². The van der Waals surface area contributed by atoms with Crippen molar-refractivity contribution in [2.75, 3.05) is 24.6 Å². The van der Waals surface area contributed by atoms with Gasteiger partial charge in [-0.2, -0.15) is 0 Å². The molecule has 4 rings (SSSR count). The van der Waals surface area contributed by atoms with Crippen LogP contribution >= 0.6 is 0 Å². The summed E-state index contributed by atoms with van der Waals surface area (Å²) < 4.78 is 37.6. The molecule has 0 bridgehead atoms. The molecular formula is C24H29N3O6S. The maximum absolute atomic E-state index is 13.2. The van der Waals surface area contributed by atoms with Crippen molar-refractivity contribution in [1.29, 1.82) is 0 Å². The zero-order chi connectivity index (χ0) is 24.3. The molecule has 1 saturated heterocycles. The van der Waals surface area contributed by atoms with Gasteiger partial charge in [-0.25, -0.2) is 8.42 Å². The Labute approximate surface area is 199 Å². The highest BCUT2D eigenvalue weighted by Gasteiger charge is 2.39. The van der Waals surface area contributed by atoms with Crippen molar-refractivity contribution in [1.82, 2.24) is 10.2 Å². The van der Waals surface area contributed by atoms with Crippen LogP contribution in [0.15, 0.2) is 48.5 Å². The summed E-state index contributed by atoms with van der Waals surface area (Å²) in [6.07, 6.45) is 1.96. The van der Waals surface area contributed by atoms with E-state index in [1.165, 1.54) is 6.07 Å². The minimum absolute atomic E-state index is 0.0836. The van der Waals surface area contributed by atoms with Crippen molar-refractivity contribution >= 4 is 27.5 Å². The molecule has 2 heterocycles. The minimum atomic E-state index is -3.47. The van der Waals surface area contributed by atoms with Gasteiger partial charge in [0, 0.05) is 19.3 Å². The molecule has 182 valence electrons. The van der Waals surface area contributed by atoms with Crippen molar-refractivity contribution in [3.05, 3.63) is 59.7 Å². The van der Waals surface area contributed by atoms with Gasteiger partial charge in [-0.3, -0.25) is 14.3 Å². The average molecular weight is 488 g/mol. The number of fused-ring (bicyclic) bond motifs is 2. The molecule has 3 atom stereocenters. The summed E-state index contributed by atoms with van der Waals surface area (Å²) in [5.41, 5.74) is 1.62. The summed E-state index contributed by atoms with van der Waals surface area (Å²) in [7, 11) is -1.76. The molecule has 2 aromatic carbocycles. The molecule has 34 heavy (non-hydrogen) atoms. The normalized spacial score (nSPS) is 22.5. The van der Waals surface area contributed by atoms with Crippen molar-refractivity contribution < 1.29 is 27.5 Å². The van der Waals surface area contributed by atoms with Gasteiger partial charge in [0.15, 0.2) is 0 Å². The standard InChI is InChI=1S/C24H29N3O6S/c1-27-20-10-9-18(13-23(28)25-14-16-6-4-3-5-7-16)33-22(20)15-32-21-11-8-17(26-34(2,30)31)12-19(21)24(27)29/h3-8,11-12,18,20,22,26H,9-10,13-15H2,1-2H3,(H,25,28)/t18-,20-,22-/m0/s1. The Morgan fingerprint density at radius 1 is 1.15 bits per heavy atom. The van der Waals surface area contributed by atoms with Crippen LogP contribution in [0.5, 0.6) is 5.75 Å². The highest BCUT2D eigenvalue weighted by atomic mass is 32.2. The smallest absolute Gasteiger partial charge is 0.257 e. The lowest BCUT2D eigenvalue weighted by Crippen LogP contribution is -2.53. The van der Waals surface area contributed by atoms with Crippen LogP contribution in [-0.4, -0.2) is 63.3 Å². The number of carbonyl (C=O) groups is 2. The minimum Gasteiger partial charge on any atom is -0.490 e. The number of nitrogens with zero attached hydrogens (tertiary/aromatic N) is 1. The number of sulfonamides is 1. The third kappa shape index (κ3) is 5.87. The number of hydrogen-bond donors (Lipinski definition) is 2. The first kappa shape index (κ1) is 24.0. The lowest BCUT2D eigenvalue weighted by atomic mass is 9.94. The quantitative estimate of drug-likeness (QED) is 0.645. The molecule has 0 aromatic heterocycles. The molecule has 0 aliphatic carbocycles. The molecule has 0 spiro atoms. The number of amides is 2. The largest absolute Gasteiger partial charge is 0.490 e. The fourth-order valence-electron chi connectivity index (χ4n) is 4.38. The van der Waals surface area contributed by atoms with Crippen molar-refractivity contribution in [2.24, 2.45) is 0 Å². The highest BCUT2D eigenvalue weighted by Crippen LogP contribution is 2.32. The number of anilines is 1. The summed E-state index contributed by atoms with van der Waals surface area (Å²) in [5.74, 6) is 0.00457. The number of nitrogens with one attached hydrogen (secondary N) is 2. The maximum Gasteiger partial charge on any atom is 0.257 e. The molecule has 0 saturated carbocycles. The highest BCUT2D eigenvalue weighted by molar-refractivity contribution is 7.92. The van der Waals surface area contributed by atoms with Gasteiger partial charge in [-0.1, -0.05) is 30.3 Å². The van der Waals surface area contributed by atoms with Crippen LogP contribution in [0, 0.1) is 0 Å². The molecule has 2 aliphatic rings. The lowest BCUT2D eigenvalue weighted by molar-refractivity contribution is -0.134. The Kier molecular flexibility index (Phi) is 7.08. The monoisotopic (exact) mass is 487 g/mol. The van der Waals surface area contributed by atoms with Gasteiger partial charge < -0.3 is 19.7 Å². The van der Waals surface area contributed by atoms with Crippen LogP contribution < -0.4 is 14.8 Å². The molecule has 1 fully saturated rings. The summed E-state index contributed by atoms with van der Waals surface area (Å²) in [6.45, 7) is 0.683. The summed E-state index contributed by atoms with van der Waals surface area (Å²) >= 11 is 0. The van der Waals surface area contributed by atoms with Crippen molar-refractivity contribution in [3.63, 3.8) is 0 Å². The summed E-state index contributed by atoms with van der Waals surface area (Å²) in [6, 6.07) is 14.1. The van der Waals surface area contributed by atoms with Gasteiger partial charge in [0.05, 0.1) is 30.4 Å². The molecule has 0 unspecified atom stereocenters. The first-order chi connectivity index (χ1) is 16.2. The van der Waals surface area contributed by atoms with E-state index in [1.807, 2.05) is 30.3 Å². The van der Waals surface area contributed by atoms with Crippen LogP contribution in [0.1, 0.15) is 35.2 Å². The zero-order valence-electron chi connectivity index (χ0n) is 19.2. The van der Waals surface area contributed by atoms with Gasteiger partial charge in [-0.15, -0.1) is 0 Å². The van der Waals surface area contributed by atoms with E-state index in [2.05, 4.69) is 10.0 Å². The fraction of sp³-hybridized carbons (Fsp3) is 0.417. The number of benzene rings is 2. The molecule has 10 heteroatoms.